The monoisotopic (exact) mass is 264 g/mol. The number of hydrogen-bond acceptors (Lipinski definition) is 1. The molecule has 1 aliphatic carbocycles. The first-order valence-corrected chi connectivity index (χ1v) is 7.06. The third-order valence-corrected chi connectivity index (χ3v) is 4.22. The molecule has 0 bridgehead atoms. The molecular formula is C16H21FO2. The van der Waals surface area contributed by atoms with Gasteiger partial charge in [-0.2, -0.15) is 0 Å². The number of hydrogen-bond donors (Lipinski definition) is 1. The average molecular weight is 264 g/mol. The van der Waals surface area contributed by atoms with Crippen LogP contribution in [0.3, 0.4) is 0 Å². The molecule has 1 aliphatic rings. The molecule has 2 nitrogen and oxygen atoms in total. The number of aryl methyl sites for hydroxylation is 1. The molecule has 1 fully saturated rings. The predicted molar refractivity (Wildman–Crippen MR) is 72.7 cm³/mol. The van der Waals surface area contributed by atoms with Crippen LogP contribution in [0.5, 0.6) is 0 Å². The number of halogens is 1. The van der Waals surface area contributed by atoms with Crippen molar-refractivity contribution in [2.75, 3.05) is 0 Å². The fourth-order valence-corrected chi connectivity index (χ4v) is 3.18. The molecule has 0 radical (unpaired) electrons. The summed E-state index contributed by atoms with van der Waals surface area (Å²) in [5.41, 5.74) is 1.58. The lowest BCUT2D eigenvalue weighted by molar-refractivity contribution is -0.137. The van der Waals surface area contributed by atoms with E-state index in [1.165, 1.54) is 25.3 Å². The zero-order chi connectivity index (χ0) is 13.8. The van der Waals surface area contributed by atoms with Gasteiger partial charge in [0.15, 0.2) is 0 Å². The Morgan fingerprint density at radius 1 is 1.37 bits per heavy atom. The third kappa shape index (κ3) is 3.55. The third-order valence-electron chi connectivity index (χ3n) is 4.22. The van der Waals surface area contributed by atoms with E-state index in [0.29, 0.717) is 11.5 Å². The molecule has 19 heavy (non-hydrogen) atoms. The van der Waals surface area contributed by atoms with Crippen LogP contribution in [0, 0.1) is 18.7 Å². The van der Waals surface area contributed by atoms with Crippen LogP contribution in [0.4, 0.5) is 4.39 Å². The summed E-state index contributed by atoms with van der Waals surface area (Å²) in [7, 11) is 0. The van der Waals surface area contributed by atoms with E-state index in [2.05, 4.69) is 0 Å². The largest absolute Gasteiger partial charge is 0.481 e. The molecular weight excluding hydrogens is 243 g/mol. The summed E-state index contributed by atoms with van der Waals surface area (Å²) >= 11 is 0. The van der Waals surface area contributed by atoms with Crippen LogP contribution in [0.2, 0.25) is 0 Å². The van der Waals surface area contributed by atoms with Gasteiger partial charge < -0.3 is 5.11 Å². The van der Waals surface area contributed by atoms with Gasteiger partial charge in [-0.25, -0.2) is 4.39 Å². The molecule has 0 saturated heterocycles. The first kappa shape index (κ1) is 14.0. The quantitative estimate of drug-likeness (QED) is 0.881. The van der Waals surface area contributed by atoms with Crippen LogP contribution in [-0.2, 0) is 4.79 Å². The first-order valence-electron chi connectivity index (χ1n) is 7.06. The maximum atomic E-state index is 13.4. The number of benzene rings is 1. The standard InChI is InChI=1S/C16H21FO2/c1-11-9-13(7-8-15(11)17)14(10-16(18)19)12-5-3-2-4-6-12/h7-9,12,14H,2-6,10H2,1H3,(H,18,19). The summed E-state index contributed by atoms with van der Waals surface area (Å²) in [5.74, 6) is -0.536. The Balaban J connectivity index is 2.24. The van der Waals surface area contributed by atoms with Crippen molar-refractivity contribution < 1.29 is 14.3 Å². The van der Waals surface area contributed by atoms with Gasteiger partial charge in [-0.3, -0.25) is 4.79 Å². The van der Waals surface area contributed by atoms with Gasteiger partial charge in [-0.1, -0.05) is 31.4 Å². The van der Waals surface area contributed by atoms with Gasteiger partial charge in [0.05, 0.1) is 6.42 Å². The smallest absolute Gasteiger partial charge is 0.303 e. The minimum Gasteiger partial charge on any atom is -0.481 e. The Labute approximate surface area is 113 Å². The molecule has 104 valence electrons. The maximum Gasteiger partial charge on any atom is 0.303 e. The Bertz CT molecular complexity index is 450. The topological polar surface area (TPSA) is 37.3 Å². The highest BCUT2D eigenvalue weighted by Gasteiger charge is 2.27. The van der Waals surface area contributed by atoms with E-state index < -0.39 is 5.97 Å². The Kier molecular flexibility index (Phi) is 4.56. The van der Waals surface area contributed by atoms with E-state index in [9.17, 15) is 9.18 Å². The van der Waals surface area contributed by atoms with E-state index in [1.54, 1.807) is 13.0 Å². The number of carboxylic acids is 1. The normalized spacial score (nSPS) is 18.2. The Morgan fingerprint density at radius 2 is 2.05 bits per heavy atom. The van der Waals surface area contributed by atoms with Crippen molar-refractivity contribution in [2.45, 2.75) is 51.4 Å². The lowest BCUT2D eigenvalue weighted by Crippen LogP contribution is -2.19. The van der Waals surface area contributed by atoms with Gasteiger partial charge in [-0.05, 0) is 48.8 Å². The molecule has 1 aromatic rings. The molecule has 0 aliphatic heterocycles. The Morgan fingerprint density at radius 3 is 2.63 bits per heavy atom. The lowest BCUT2D eigenvalue weighted by atomic mass is 9.75. The van der Waals surface area contributed by atoms with Crippen LogP contribution in [0.1, 0.15) is 55.6 Å². The highest BCUT2D eigenvalue weighted by Crippen LogP contribution is 2.38. The number of carboxylic acid groups (broad SMARTS) is 1. The van der Waals surface area contributed by atoms with Crippen molar-refractivity contribution in [1.82, 2.24) is 0 Å². The number of rotatable bonds is 4. The minimum absolute atomic E-state index is 0.0251. The second-order valence-corrected chi connectivity index (χ2v) is 5.61. The fraction of sp³-hybridized carbons (Fsp3) is 0.562. The summed E-state index contributed by atoms with van der Waals surface area (Å²) in [6.07, 6.45) is 5.94. The van der Waals surface area contributed by atoms with Crippen LogP contribution in [0.15, 0.2) is 18.2 Å². The van der Waals surface area contributed by atoms with Gasteiger partial charge in [0.25, 0.3) is 0 Å². The summed E-state index contributed by atoms with van der Waals surface area (Å²) < 4.78 is 13.4. The van der Waals surface area contributed by atoms with Crippen LogP contribution in [0.25, 0.3) is 0 Å². The molecule has 1 atom stereocenters. The fourth-order valence-electron chi connectivity index (χ4n) is 3.18. The van der Waals surface area contributed by atoms with Gasteiger partial charge in [0.2, 0.25) is 0 Å². The molecule has 0 heterocycles. The zero-order valence-electron chi connectivity index (χ0n) is 11.4. The van der Waals surface area contributed by atoms with Gasteiger partial charge in [0, 0.05) is 0 Å². The van der Waals surface area contributed by atoms with Crippen LogP contribution in [-0.4, -0.2) is 11.1 Å². The average Bonchev–Trinajstić information content (AvgIpc) is 2.40. The molecule has 0 amide bonds. The van der Waals surface area contributed by atoms with E-state index in [1.807, 2.05) is 6.07 Å². The van der Waals surface area contributed by atoms with E-state index in [0.717, 1.165) is 18.4 Å². The summed E-state index contributed by atoms with van der Waals surface area (Å²) in [6.45, 7) is 1.73. The predicted octanol–water partition coefficient (Wildman–Crippen LogP) is 4.27. The zero-order valence-corrected chi connectivity index (χ0v) is 11.4. The maximum absolute atomic E-state index is 13.4. The summed E-state index contributed by atoms with van der Waals surface area (Å²) in [6, 6.07) is 5.03. The number of aliphatic carboxylic acids is 1. The molecule has 1 aromatic carbocycles. The molecule has 0 aromatic heterocycles. The molecule has 1 saturated carbocycles. The van der Waals surface area contributed by atoms with E-state index in [-0.39, 0.29) is 18.2 Å². The van der Waals surface area contributed by atoms with Crippen molar-refractivity contribution >= 4 is 5.97 Å². The lowest BCUT2D eigenvalue weighted by Gasteiger charge is -2.30. The summed E-state index contributed by atoms with van der Waals surface area (Å²) in [5, 5.41) is 9.13. The molecule has 3 heteroatoms. The molecule has 1 unspecified atom stereocenters. The second kappa shape index (κ2) is 6.18. The van der Waals surface area contributed by atoms with Crippen LogP contribution < -0.4 is 0 Å². The number of carbonyl (C=O) groups is 1. The highest BCUT2D eigenvalue weighted by atomic mass is 19.1. The van der Waals surface area contributed by atoms with Crippen LogP contribution >= 0.6 is 0 Å². The highest BCUT2D eigenvalue weighted by molar-refractivity contribution is 5.68. The van der Waals surface area contributed by atoms with Crippen molar-refractivity contribution in [2.24, 2.45) is 5.92 Å². The second-order valence-electron chi connectivity index (χ2n) is 5.61. The van der Waals surface area contributed by atoms with Crippen molar-refractivity contribution in [3.63, 3.8) is 0 Å². The molecule has 1 N–H and O–H groups in total. The molecule has 2 rings (SSSR count). The van der Waals surface area contributed by atoms with Crippen molar-refractivity contribution in [3.05, 3.63) is 35.1 Å². The van der Waals surface area contributed by atoms with Gasteiger partial charge in [-0.15, -0.1) is 0 Å². The van der Waals surface area contributed by atoms with Crippen molar-refractivity contribution in [1.29, 1.82) is 0 Å². The van der Waals surface area contributed by atoms with E-state index in [4.69, 9.17) is 5.11 Å². The van der Waals surface area contributed by atoms with E-state index >= 15 is 0 Å². The Hall–Kier alpha value is -1.38. The summed E-state index contributed by atoms with van der Waals surface area (Å²) in [4.78, 5) is 11.1. The van der Waals surface area contributed by atoms with Gasteiger partial charge in [0.1, 0.15) is 5.82 Å². The SMILES string of the molecule is Cc1cc(C(CC(=O)O)C2CCCCC2)ccc1F. The van der Waals surface area contributed by atoms with Gasteiger partial charge >= 0.3 is 5.97 Å². The first-order chi connectivity index (χ1) is 9.08. The van der Waals surface area contributed by atoms with Crippen molar-refractivity contribution in [3.8, 4) is 0 Å². The molecule has 0 spiro atoms. The minimum atomic E-state index is -0.766.